The van der Waals surface area contributed by atoms with Crippen molar-refractivity contribution in [3.8, 4) is 0 Å². The van der Waals surface area contributed by atoms with Gasteiger partial charge in [0, 0.05) is 0 Å². The predicted octanol–water partition coefficient (Wildman–Crippen LogP) is 4.02. The van der Waals surface area contributed by atoms with Crippen LogP contribution in [0.25, 0.3) is 0 Å². The fourth-order valence-electron chi connectivity index (χ4n) is 2.70. The van der Waals surface area contributed by atoms with Crippen molar-refractivity contribution in [3.63, 3.8) is 0 Å². The Bertz CT molecular complexity index is 182. The third-order valence-electron chi connectivity index (χ3n) is 3.83. The lowest BCUT2D eigenvalue weighted by Crippen LogP contribution is -2.70. The van der Waals surface area contributed by atoms with Gasteiger partial charge in [0.15, 0.2) is 0 Å². The second-order valence-electron chi connectivity index (χ2n) is 6.09. The van der Waals surface area contributed by atoms with Gasteiger partial charge < -0.3 is 9.96 Å². The summed E-state index contributed by atoms with van der Waals surface area (Å²) >= 11 is 0. The molecule has 3 heteroatoms. The SMILES string of the molecule is CCC(C)[Si](NC(C)C)(NC(C)C)C(C)CC. The Kier molecular flexibility index (Phi) is 7.61. The monoisotopic (exact) mass is 258 g/mol. The standard InChI is InChI=1S/C14H34N2Si/c1-9-13(7)17(14(8)10-2,15-11(3)4)16-12(5)6/h11-16H,9-10H2,1-8H3. The number of rotatable bonds is 8. The Balaban J connectivity index is 5.19. The molecule has 0 saturated heterocycles. The highest BCUT2D eigenvalue weighted by Crippen LogP contribution is 2.33. The molecule has 2 unspecified atom stereocenters. The van der Waals surface area contributed by atoms with E-state index in [4.69, 9.17) is 0 Å². The van der Waals surface area contributed by atoms with Crippen LogP contribution in [0.2, 0.25) is 11.1 Å². The minimum absolute atomic E-state index is 0.566. The highest BCUT2D eigenvalue weighted by Gasteiger charge is 2.43. The molecule has 0 aliphatic heterocycles. The molecule has 0 spiro atoms. The van der Waals surface area contributed by atoms with Gasteiger partial charge in [0.25, 0.3) is 0 Å². The van der Waals surface area contributed by atoms with Gasteiger partial charge in [0.1, 0.15) is 0 Å². The van der Waals surface area contributed by atoms with E-state index in [-0.39, 0.29) is 0 Å². The highest BCUT2D eigenvalue weighted by atomic mass is 28.3. The molecule has 0 amide bonds. The van der Waals surface area contributed by atoms with Crippen molar-refractivity contribution < 1.29 is 0 Å². The summed E-state index contributed by atoms with van der Waals surface area (Å²) in [5.41, 5.74) is 1.53. The predicted molar refractivity (Wildman–Crippen MR) is 81.7 cm³/mol. The average molecular weight is 259 g/mol. The zero-order valence-electron chi connectivity index (χ0n) is 13.2. The molecule has 0 radical (unpaired) electrons. The Morgan fingerprint density at radius 2 is 1.00 bits per heavy atom. The van der Waals surface area contributed by atoms with Gasteiger partial charge in [-0.25, -0.2) is 0 Å². The first-order valence-corrected chi connectivity index (χ1v) is 9.50. The van der Waals surface area contributed by atoms with Gasteiger partial charge in [-0.1, -0.05) is 68.2 Å². The van der Waals surface area contributed by atoms with E-state index in [1.807, 2.05) is 0 Å². The molecule has 17 heavy (non-hydrogen) atoms. The number of hydrogen-bond donors (Lipinski definition) is 2. The molecule has 0 heterocycles. The maximum absolute atomic E-state index is 3.95. The topological polar surface area (TPSA) is 24.1 Å². The van der Waals surface area contributed by atoms with Gasteiger partial charge in [0.2, 0.25) is 8.40 Å². The van der Waals surface area contributed by atoms with Crippen LogP contribution in [0.1, 0.15) is 68.2 Å². The quantitative estimate of drug-likeness (QED) is 0.643. The first kappa shape index (κ1) is 17.1. The Morgan fingerprint density at radius 1 is 0.706 bits per heavy atom. The highest BCUT2D eigenvalue weighted by molar-refractivity contribution is 6.77. The molecular formula is C14H34N2Si. The Morgan fingerprint density at radius 3 is 1.18 bits per heavy atom. The third kappa shape index (κ3) is 4.72. The van der Waals surface area contributed by atoms with Crippen LogP contribution >= 0.6 is 0 Å². The van der Waals surface area contributed by atoms with Crippen LogP contribution in [-0.4, -0.2) is 20.5 Å². The first-order valence-electron chi connectivity index (χ1n) is 7.35. The van der Waals surface area contributed by atoms with E-state index >= 15 is 0 Å². The Hall–Kier alpha value is 0.137. The molecule has 104 valence electrons. The second kappa shape index (κ2) is 7.55. The molecule has 2 N–H and O–H groups in total. The van der Waals surface area contributed by atoms with Crippen LogP contribution in [0.5, 0.6) is 0 Å². The van der Waals surface area contributed by atoms with Crippen molar-refractivity contribution in [2.75, 3.05) is 0 Å². The molecule has 0 aromatic heterocycles. The molecule has 0 aromatic rings. The van der Waals surface area contributed by atoms with Crippen molar-refractivity contribution in [2.45, 2.75) is 91.4 Å². The summed E-state index contributed by atoms with van der Waals surface area (Å²) in [6, 6.07) is 1.13. The first-order chi connectivity index (χ1) is 7.80. The minimum Gasteiger partial charge on any atom is -0.323 e. The minimum atomic E-state index is -1.63. The van der Waals surface area contributed by atoms with E-state index in [1.54, 1.807) is 0 Å². The summed E-state index contributed by atoms with van der Waals surface area (Å²) in [6.45, 7) is 18.6. The summed E-state index contributed by atoms with van der Waals surface area (Å²) in [7, 11) is -1.63. The van der Waals surface area contributed by atoms with Crippen LogP contribution < -0.4 is 9.96 Å². The lowest BCUT2D eigenvalue weighted by molar-refractivity contribution is 0.582. The Labute approximate surface area is 110 Å². The third-order valence-corrected chi connectivity index (χ3v) is 9.87. The average Bonchev–Trinajstić information content (AvgIpc) is 2.24. The molecule has 0 aliphatic carbocycles. The van der Waals surface area contributed by atoms with E-state index in [2.05, 4.69) is 65.4 Å². The van der Waals surface area contributed by atoms with Gasteiger partial charge in [-0.15, -0.1) is 0 Å². The molecule has 0 aliphatic rings. The number of nitrogens with one attached hydrogen (secondary N) is 2. The van der Waals surface area contributed by atoms with E-state index in [0.717, 1.165) is 11.1 Å². The summed E-state index contributed by atoms with van der Waals surface area (Å²) in [4.78, 5) is 7.91. The van der Waals surface area contributed by atoms with Crippen molar-refractivity contribution in [2.24, 2.45) is 0 Å². The zero-order chi connectivity index (χ0) is 13.6. The maximum Gasteiger partial charge on any atom is 0.207 e. The van der Waals surface area contributed by atoms with Crippen LogP contribution in [-0.2, 0) is 0 Å². The maximum atomic E-state index is 3.95. The van der Waals surface area contributed by atoms with Gasteiger partial charge >= 0.3 is 0 Å². The van der Waals surface area contributed by atoms with Crippen LogP contribution in [0.15, 0.2) is 0 Å². The zero-order valence-corrected chi connectivity index (χ0v) is 14.2. The van der Waals surface area contributed by atoms with E-state index in [9.17, 15) is 0 Å². The summed E-state index contributed by atoms with van der Waals surface area (Å²) in [5, 5.41) is 0. The summed E-state index contributed by atoms with van der Waals surface area (Å²) in [6.07, 6.45) is 2.52. The summed E-state index contributed by atoms with van der Waals surface area (Å²) < 4.78 is 0. The van der Waals surface area contributed by atoms with E-state index < -0.39 is 8.40 Å². The fraction of sp³-hybridized carbons (Fsp3) is 1.00. The largest absolute Gasteiger partial charge is 0.323 e. The van der Waals surface area contributed by atoms with Gasteiger partial charge in [-0.3, -0.25) is 0 Å². The molecule has 0 aromatic carbocycles. The van der Waals surface area contributed by atoms with Crippen LogP contribution in [0.3, 0.4) is 0 Å². The van der Waals surface area contributed by atoms with Gasteiger partial charge in [-0.2, -0.15) is 0 Å². The van der Waals surface area contributed by atoms with Gasteiger partial charge in [-0.05, 0) is 23.2 Å². The summed E-state index contributed by atoms with van der Waals surface area (Å²) in [5.74, 6) is 0. The lowest BCUT2D eigenvalue weighted by atomic mass is 10.3. The van der Waals surface area contributed by atoms with Gasteiger partial charge in [0.05, 0.1) is 0 Å². The van der Waals surface area contributed by atoms with Crippen molar-refractivity contribution in [1.82, 2.24) is 9.96 Å². The number of hydrogen-bond acceptors (Lipinski definition) is 2. The normalized spacial score (nSPS) is 16.6. The molecule has 2 atom stereocenters. The molecular weight excluding hydrogens is 224 g/mol. The van der Waals surface area contributed by atoms with Crippen molar-refractivity contribution in [3.05, 3.63) is 0 Å². The van der Waals surface area contributed by atoms with Crippen molar-refractivity contribution >= 4 is 8.40 Å². The molecule has 0 saturated carbocycles. The molecule has 0 bridgehead atoms. The molecule has 2 nitrogen and oxygen atoms in total. The van der Waals surface area contributed by atoms with Crippen molar-refractivity contribution in [1.29, 1.82) is 0 Å². The van der Waals surface area contributed by atoms with E-state index in [1.165, 1.54) is 12.8 Å². The van der Waals surface area contributed by atoms with E-state index in [0.29, 0.717) is 12.1 Å². The van der Waals surface area contributed by atoms with Crippen LogP contribution in [0.4, 0.5) is 0 Å². The fourth-order valence-corrected chi connectivity index (χ4v) is 8.09. The second-order valence-corrected chi connectivity index (χ2v) is 10.4. The van der Waals surface area contributed by atoms with Crippen LogP contribution in [0, 0.1) is 0 Å². The molecule has 0 rings (SSSR count). The lowest BCUT2D eigenvalue weighted by Gasteiger charge is -2.45. The smallest absolute Gasteiger partial charge is 0.207 e. The molecule has 0 fully saturated rings.